The zero-order valence-electron chi connectivity index (χ0n) is 13.8. The first-order valence-electron chi connectivity index (χ1n) is 8.19. The molecule has 5 nitrogen and oxygen atoms in total. The molecule has 0 unspecified atom stereocenters. The number of hydrogen-bond donors (Lipinski definition) is 1. The molecule has 3 saturated heterocycles. The molecule has 2 bridgehead atoms. The van der Waals surface area contributed by atoms with Gasteiger partial charge >= 0.3 is 6.09 Å². The Labute approximate surface area is 159 Å². The van der Waals surface area contributed by atoms with Gasteiger partial charge in [-0.05, 0) is 44.0 Å². The van der Waals surface area contributed by atoms with E-state index in [2.05, 4.69) is 15.2 Å². The molecule has 1 aromatic heterocycles. The number of halogens is 3. The van der Waals surface area contributed by atoms with Gasteiger partial charge in [0.1, 0.15) is 17.7 Å². The highest BCUT2D eigenvalue weighted by atomic mass is 35.5. The normalized spacial score (nSPS) is 24.0. The Bertz CT molecular complexity index is 796. The Balaban J connectivity index is 0.00000196. The standard InChI is InChI=1S/C17H17F2N3O2S.ClH/c18-11-1-2-12(13(19)7-11)15-16(20-9-25-15)21-17(23)24-14-8-22-5-3-10(14)4-6-22;/h1-2,7,9-10,14H,3-6,8H2,(H,21,23);1H/t14-;/m0./s1. The van der Waals surface area contributed by atoms with Crippen molar-refractivity contribution in [2.45, 2.75) is 18.9 Å². The number of anilines is 1. The van der Waals surface area contributed by atoms with Crippen molar-refractivity contribution in [2.24, 2.45) is 5.92 Å². The Kier molecular flexibility index (Phi) is 5.74. The maximum Gasteiger partial charge on any atom is 0.413 e. The van der Waals surface area contributed by atoms with Crippen molar-refractivity contribution < 1.29 is 18.3 Å². The van der Waals surface area contributed by atoms with Crippen molar-refractivity contribution in [1.82, 2.24) is 9.88 Å². The van der Waals surface area contributed by atoms with Gasteiger partial charge in [-0.3, -0.25) is 10.2 Å². The zero-order chi connectivity index (χ0) is 17.4. The second kappa shape index (κ2) is 7.85. The highest BCUT2D eigenvalue weighted by Gasteiger charge is 2.36. The molecular weight excluding hydrogens is 384 g/mol. The fourth-order valence-electron chi connectivity index (χ4n) is 3.51. The molecule has 9 heteroatoms. The first-order valence-corrected chi connectivity index (χ1v) is 9.07. The van der Waals surface area contributed by atoms with Crippen molar-refractivity contribution in [1.29, 1.82) is 0 Å². The Hall–Kier alpha value is -1.77. The number of ether oxygens (including phenoxy) is 1. The predicted molar refractivity (Wildman–Crippen MR) is 97.8 cm³/mol. The third-order valence-electron chi connectivity index (χ3n) is 4.82. The van der Waals surface area contributed by atoms with Gasteiger partial charge in [-0.15, -0.1) is 23.7 Å². The summed E-state index contributed by atoms with van der Waals surface area (Å²) in [5, 5.41) is 2.60. The van der Waals surface area contributed by atoms with E-state index in [1.807, 2.05) is 0 Å². The molecule has 1 N–H and O–H groups in total. The van der Waals surface area contributed by atoms with Crippen LogP contribution in [0.25, 0.3) is 10.4 Å². The van der Waals surface area contributed by atoms with Crippen molar-refractivity contribution in [3.05, 3.63) is 35.3 Å². The number of benzene rings is 1. The number of aromatic nitrogens is 1. The fraction of sp³-hybridized carbons (Fsp3) is 0.412. The maximum absolute atomic E-state index is 14.0. The summed E-state index contributed by atoms with van der Waals surface area (Å²) in [6.45, 7) is 2.88. The third kappa shape index (κ3) is 3.82. The highest BCUT2D eigenvalue weighted by Crippen LogP contribution is 2.34. The number of carbonyl (C=O) groups excluding carboxylic acids is 1. The number of carbonyl (C=O) groups is 1. The number of thiazole rings is 1. The number of fused-ring (bicyclic) bond motifs is 3. The molecule has 1 atom stereocenters. The van der Waals surface area contributed by atoms with E-state index in [0.717, 1.165) is 38.5 Å². The summed E-state index contributed by atoms with van der Waals surface area (Å²) < 4.78 is 32.6. The zero-order valence-corrected chi connectivity index (χ0v) is 15.4. The van der Waals surface area contributed by atoms with E-state index in [1.54, 1.807) is 0 Å². The van der Waals surface area contributed by atoms with Gasteiger partial charge in [0.05, 0.1) is 10.4 Å². The minimum absolute atomic E-state index is 0. The van der Waals surface area contributed by atoms with E-state index in [9.17, 15) is 13.6 Å². The van der Waals surface area contributed by atoms with Gasteiger partial charge in [0.25, 0.3) is 0 Å². The largest absolute Gasteiger partial charge is 0.444 e. The molecule has 0 radical (unpaired) electrons. The van der Waals surface area contributed by atoms with E-state index >= 15 is 0 Å². The van der Waals surface area contributed by atoms with Crippen LogP contribution in [0.5, 0.6) is 0 Å². The molecule has 4 heterocycles. The van der Waals surface area contributed by atoms with Gasteiger partial charge in [0.2, 0.25) is 0 Å². The van der Waals surface area contributed by atoms with Crippen molar-refractivity contribution in [2.75, 3.05) is 25.0 Å². The number of piperidine rings is 3. The Morgan fingerprint density at radius 1 is 1.31 bits per heavy atom. The number of nitrogens with zero attached hydrogens (tertiary/aromatic N) is 2. The number of hydrogen-bond acceptors (Lipinski definition) is 5. The minimum atomic E-state index is -0.696. The average molecular weight is 402 g/mol. The molecule has 1 aromatic carbocycles. The molecule has 3 fully saturated rings. The van der Waals surface area contributed by atoms with Crippen LogP contribution in [0, 0.1) is 17.6 Å². The lowest BCUT2D eigenvalue weighted by molar-refractivity contribution is -0.0290. The molecule has 0 aliphatic carbocycles. The van der Waals surface area contributed by atoms with E-state index in [-0.39, 0.29) is 29.9 Å². The second-order valence-electron chi connectivity index (χ2n) is 6.36. The first-order chi connectivity index (χ1) is 12.1. The lowest BCUT2D eigenvalue weighted by atomic mass is 9.86. The highest BCUT2D eigenvalue weighted by molar-refractivity contribution is 7.13. The Morgan fingerprint density at radius 2 is 2.08 bits per heavy atom. The summed E-state index contributed by atoms with van der Waals surface area (Å²) in [6, 6.07) is 3.32. The maximum atomic E-state index is 14.0. The van der Waals surface area contributed by atoms with Crippen LogP contribution in [0.15, 0.2) is 23.7 Å². The molecule has 3 aliphatic rings. The van der Waals surface area contributed by atoms with Gasteiger partial charge in [0, 0.05) is 18.2 Å². The molecule has 2 aromatic rings. The predicted octanol–water partition coefficient (Wildman–Crippen LogP) is 4.15. The van der Waals surface area contributed by atoms with Crippen LogP contribution in [0.2, 0.25) is 0 Å². The molecule has 0 spiro atoms. The Morgan fingerprint density at radius 3 is 2.73 bits per heavy atom. The van der Waals surface area contributed by atoms with Crippen molar-refractivity contribution in [3.8, 4) is 10.4 Å². The summed E-state index contributed by atoms with van der Waals surface area (Å²) in [5.41, 5.74) is 1.70. The van der Waals surface area contributed by atoms with Gasteiger partial charge in [-0.25, -0.2) is 18.6 Å². The average Bonchev–Trinajstić information content (AvgIpc) is 3.03. The summed E-state index contributed by atoms with van der Waals surface area (Å²) in [7, 11) is 0. The topological polar surface area (TPSA) is 54.5 Å². The molecule has 26 heavy (non-hydrogen) atoms. The van der Waals surface area contributed by atoms with Gasteiger partial charge in [-0.2, -0.15) is 0 Å². The summed E-state index contributed by atoms with van der Waals surface area (Å²) in [5.74, 6) is -0.720. The SMILES string of the molecule is Cl.O=C(Nc1ncsc1-c1ccc(F)cc1F)O[C@H]1CN2CCC1CC2. The number of amides is 1. The molecular formula is C17H18ClF2N3O2S. The van der Waals surface area contributed by atoms with E-state index in [4.69, 9.17) is 4.74 Å². The van der Waals surface area contributed by atoms with Crippen LogP contribution in [-0.2, 0) is 4.74 Å². The van der Waals surface area contributed by atoms with Crippen LogP contribution in [0.4, 0.5) is 19.4 Å². The van der Waals surface area contributed by atoms with Crippen LogP contribution in [0.3, 0.4) is 0 Å². The molecule has 140 valence electrons. The first kappa shape index (κ1) is 19.0. The summed E-state index contributed by atoms with van der Waals surface area (Å²) >= 11 is 1.17. The third-order valence-corrected chi connectivity index (χ3v) is 5.68. The van der Waals surface area contributed by atoms with Gasteiger partial charge in [0.15, 0.2) is 5.82 Å². The van der Waals surface area contributed by atoms with Gasteiger partial charge in [-0.1, -0.05) is 0 Å². The second-order valence-corrected chi connectivity index (χ2v) is 7.22. The van der Waals surface area contributed by atoms with Crippen molar-refractivity contribution in [3.63, 3.8) is 0 Å². The monoisotopic (exact) mass is 401 g/mol. The fourth-order valence-corrected chi connectivity index (χ4v) is 4.28. The van der Waals surface area contributed by atoms with Crippen LogP contribution in [0.1, 0.15) is 12.8 Å². The molecule has 5 rings (SSSR count). The summed E-state index contributed by atoms with van der Waals surface area (Å²) in [4.78, 5) is 19.0. The van der Waals surface area contributed by atoms with E-state index < -0.39 is 17.7 Å². The summed E-state index contributed by atoms with van der Waals surface area (Å²) in [6.07, 6.45) is 1.38. The van der Waals surface area contributed by atoms with Crippen LogP contribution >= 0.6 is 23.7 Å². The van der Waals surface area contributed by atoms with Gasteiger partial charge < -0.3 is 4.74 Å². The van der Waals surface area contributed by atoms with Crippen LogP contribution in [-0.4, -0.2) is 41.7 Å². The molecule has 1 amide bonds. The van der Waals surface area contributed by atoms with Crippen LogP contribution < -0.4 is 5.32 Å². The lowest BCUT2D eigenvalue weighted by Crippen LogP contribution is -2.52. The minimum Gasteiger partial charge on any atom is -0.444 e. The van der Waals surface area contributed by atoms with E-state index in [0.29, 0.717) is 10.8 Å². The van der Waals surface area contributed by atoms with Crippen molar-refractivity contribution >= 4 is 35.7 Å². The number of nitrogens with one attached hydrogen (secondary N) is 1. The quantitative estimate of drug-likeness (QED) is 0.839. The number of rotatable bonds is 3. The lowest BCUT2D eigenvalue weighted by Gasteiger charge is -2.43. The molecule has 0 saturated carbocycles. The smallest absolute Gasteiger partial charge is 0.413 e. The van der Waals surface area contributed by atoms with E-state index in [1.165, 1.54) is 29.0 Å². The molecule has 3 aliphatic heterocycles.